The van der Waals surface area contributed by atoms with Gasteiger partial charge in [0, 0.05) is 24.1 Å². The molecule has 1 N–H and O–H groups in total. The van der Waals surface area contributed by atoms with Crippen molar-refractivity contribution >= 4 is 23.3 Å². The zero-order valence-corrected chi connectivity index (χ0v) is 19.0. The number of pyridine rings is 1. The SMILES string of the molecule is COC(=O)CCN1C(=S)NC(c2ccccn2)C1c1cc(C)n(-c2ccccc2F)c1C. The Balaban J connectivity index is 1.81. The minimum atomic E-state index is -0.301. The summed E-state index contributed by atoms with van der Waals surface area (Å²) in [6.07, 6.45) is 1.95. The first kappa shape index (κ1) is 22.0. The van der Waals surface area contributed by atoms with E-state index in [1.807, 2.05) is 47.6 Å². The average Bonchev–Trinajstić information content (AvgIpc) is 3.28. The predicted molar refractivity (Wildman–Crippen MR) is 124 cm³/mol. The van der Waals surface area contributed by atoms with Crippen molar-refractivity contribution in [2.45, 2.75) is 32.4 Å². The number of carbonyl (C=O) groups is 1. The number of thiocarbonyl (C=S) groups is 1. The first-order valence-electron chi connectivity index (χ1n) is 10.4. The average molecular weight is 453 g/mol. The second-order valence-corrected chi connectivity index (χ2v) is 8.15. The number of halogens is 1. The van der Waals surface area contributed by atoms with E-state index in [-0.39, 0.29) is 30.3 Å². The summed E-state index contributed by atoms with van der Waals surface area (Å²) in [4.78, 5) is 18.4. The minimum absolute atomic E-state index is 0.204. The van der Waals surface area contributed by atoms with Gasteiger partial charge in [0.1, 0.15) is 5.82 Å². The molecule has 0 aliphatic carbocycles. The number of esters is 1. The minimum Gasteiger partial charge on any atom is -0.469 e. The van der Waals surface area contributed by atoms with E-state index < -0.39 is 0 Å². The van der Waals surface area contributed by atoms with Gasteiger partial charge < -0.3 is 19.5 Å². The van der Waals surface area contributed by atoms with Crippen LogP contribution in [0.5, 0.6) is 0 Å². The lowest BCUT2D eigenvalue weighted by Crippen LogP contribution is -2.32. The van der Waals surface area contributed by atoms with Crippen LogP contribution in [0.15, 0.2) is 54.7 Å². The molecule has 1 saturated heterocycles. The quantitative estimate of drug-likeness (QED) is 0.448. The summed E-state index contributed by atoms with van der Waals surface area (Å²) in [6, 6.07) is 14.1. The largest absolute Gasteiger partial charge is 0.469 e. The molecular weight excluding hydrogens is 427 g/mol. The van der Waals surface area contributed by atoms with Crippen LogP contribution in [0.1, 0.15) is 41.1 Å². The molecule has 1 aromatic carbocycles. The summed E-state index contributed by atoms with van der Waals surface area (Å²) >= 11 is 5.65. The van der Waals surface area contributed by atoms with Crippen LogP contribution in [0, 0.1) is 19.7 Å². The standard InChI is InChI=1S/C24H25FN4O2S/c1-15-14-17(16(2)29(15)20-10-5-4-8-18(20)25)23-22(19-9-6-7-12-26-19)27-24(32)28(23)13-11-21(30)31-3/h4-10,12,14,22-23H,11,13H2,1-3H3,(H,27,32). The van der Waals surface area contributed by atoms with Gasteiger partial charge in [-0.3, -0.25) is 9.78 Å². The summed E-state index contributed by atoms with van der Waals surface area (Å²) in [7, 11) is 1.37. The van der Waals surface area contributed by atoms with Crippen LogP contribution in [-0.2, 0) is 9.53 Å². The highest BCUT2D eigenvalue weighted by Crippen LogP contribution is 2.41. The Morgan fingerprint density at radius 2 is 1.97 bits per heavy atom. The molecule has 0 saturated carbocycles. The summed E-state index contributed by atoms with van der Waals surface area (Å²) in [5.74, 6) is -0.589. The number of nitrogens with one attached hydrogen (secondary N) is 1. The molecule has 0 radical (unpaired) electrons. The van der Waals surface area contributed by atoms with Crippen LogP contribution in [0.25, 0.3) is 5.69 Å². The number of hydrogen-bond donors (Lipinski definition) is 1. The molecule has 166 valence electrons. The molecule has 2 aromatic heterocycles. The second kappa shape index (κ2) is 9.08. The van der Waals surface area contributed by atoms with E-state index >= 15 is 0 Å². The highest BCUT2D eigenvalue weighted by atomic mass is 32.1. The van der Waals surface area contributed by atoms with Gasteiger partial charge in [-0.1, -0.05) is 18.2 Å². The lowest BCUT2D eigenvalue weighted by atomic mass is 9.96. The van der Waals surface area contributed by atoms with Gasteiger partial charge in [0.05, 0.1) is 37.0 Å². The van der Waals surface area contributed by atoms with Gasteiger partial charge >= 0.3 is 5.97 Å². The van der Waals surface area contributed by atoms with Gasteiger partial charge in [-0.2, -0.15) is 0 Å². The van der Waals surface area contributed by atoms with E-state index in [0.29, 0.717) is 17.3 Å². The van der Waals surface area contributed by atoms with Crippen molar-refractivity contribution in [3.8, 4) is 5.69 Å². The lowest BCUT2D eigenvalue weighted by molar-refractivity contribution is -0.140. The van der Waals surface area contributed by atoms with E-state index in [4.69, 9.17) is 17.0 Å². The topological polar surface area (TPSA) is 59.4 Å². The third-order valence-electron chi connectivity index (χ3n) is 5.86. The van der Waals surface area contributed by atoms with Crippen LogP contribution in [0.4, 0.5) is 4.39 Å². The smallest absolute Gasteiger partial charge is 0.307 e. The Kier molecular flexibility index (Phi) is 6.23. The molecule has 8 heteroatoms. The van der Waals surface area contributed by atoms with Crippen LogP contribution in [0.3, 0.4) is 0 Å². The maximum absolute atomic E-state index is 14.6. The molecule has 0 bridgehead atoms. The summed E-state index contributed by atoms with van der Waals surface area (Å²) < 4.78 is 21.4. The number of ether oxygens (including phenoxy) is 1. The van der Waals surface area contributed by atoms with E-state index in [1.165, 1.54) is 13.2 Å². The van der Waals surface area contributed by atoms with Crippen molar-refractivity contribution in [2.24, 2.45) is 0 Å². The Hall–Kier alpha value is -3.26. The van der Waals surface area contributed by atoms with Crippen molar-refractivity contribution in [2.75, 3.05) is 13.7 Å². The highest BCUT2D eigenvalue weighted by molar-refractivity contribution is 7.80. The van der Waals surface area contributed by atoms with Gasteiger partial charge in [-0.15, -0.1) is 0 Å². The molecule has 6 nitrogen and oxygen atoms in total. The molecule has 3 heterocycles. The van der Waals surface area contributed by atoms with Crippen LogP contribution in [0.2, 0.25) is 0 Å². The summed E-state index contributed by atoms with van der Waals surface area (Å²) in [5, 5.41) is 3.92. The van der Waals surface area contributed by atoms with Gasteiger partial charge in [0.2, 0.25) is 0 Å². The van der Waals surface area contributed by atoms with Crippen LogP contribution < -0.4 is 5.32 Å². The second-order valence-electron chi connectivity index (χ2n) is 7.76. The zero-order valence-electron chi connectivity index (χ0n) is 18.2. The third kappa shape index (κ3) is 3.98. The first-order chi connectivity index (χ1) is 15.4. The van der Waals surface area contributed by atoms with Gasteiger partial charge in [0.25, 0.3) is 0 Å². The molecule has 1 aliphatic heterocycles. The number of methoxy groups -OCH3 is 1. The van der Waals surface area contributed by atoms with Gasteiger partial charge in [0.15, 0.2) is 5.11 Å². The number of benzene rings is 1. The van der Waals surface area contributed by atoms with Crippen molar-refractivity contribution < 1.29 is 13.9 Å². The molecular formula is C24H25FN4O2S. The maximum atomic E-state index is 14.6. The van der Waals surface area contributed by atoms with E-state index in [0.717, 1.165) is 22.6 Å². The fraction of sp³-hybridized carbons (Fsp3) is 0.292. The maximum Gasteiger partial charge on any atom is 0.307 e. The number of rotatable bonds is 6. The number of nitrogens with zero attached hydrogens (tertiary/aromatic N) is 3. The van der Waals surface area contributed by atoms with Crippen LogP contribution >= 0.6 is 12.2 Å². The molecule has 1 fully saturated rings. The molecule has 0 spiro atoms. The summed E-state index contributed by atoms with van der Waals surface area (Å²) in [6.45, 7) is 4.33. The number of aryl methyl sites for hydroxylation is 1. The van der Waals surface area contributed by atoms with E-state index in [9.17, 15) is 9.18 Å². The molecule has 2 atom stereocenters. The highest BCUT2D eigenvalue weighted by Gasteiger charge is 2.41. The molecule has 32 heavy (non-hydrogen) atoms. The Labute approximate surface area is 192 Å². The Morgan fingerprint density at radius 3 is 2.66 bits per heavy atom. The first-order valence-corrected chi connectivity index (χ1v) is 10.8. The van der Waals surface area contributed by atoms with E-state index in [2.05, 4.69) is 16.4 Å². The molecule has 1 aliphatic rings. The van der Waals surface area contributed by atoms with Crippen molar-refractivity contribution in [1.82, 2.24) is 19.8 Å². The van der Waals surface area contributed by atoms with Crippen molar-refractivity contribution in [3.63, 3.8) is 0 Å². The number of hydrogen-bond acceptors (Lipinski definition) is 4. The van der Waals surface area contributed by atoms with E-state index in [1.54, 1.807) is 18.3 Å². The van der Waals surface area contributed by atoms with Crippen LogP contribution in [-0.4, -0.2) is 39.2 Å². The monoisotopic (exact) mass is 452 g/mol. The Bertz CT molecular complexity index is 1150. The number of aromatic nitrogens is 2. The fourth-order valence-electron chi connectivity index (χ4n) is 4.39. The number of para-hydroxylation sites is 1. The van der Waals surface area contributed by atoms with Crippen molar-refractivity contribution in [1.29, 1.82) is 0 Å². The molecule has 4 rings (SSSR count). The predicted octanol–water partition coefficient (Wildman–Crippen LogP) is 4.16. The van der Waals surface area contributed by atoms with Gasteiger partial charge in [-0.05, 0) is 62.0 Å². The Morgan fingerprint density at radius 1 is 1.22 bits per heavy atom. The van der Waals surface area contributed by atoms with Crippen molar-refractivity contribution in [3.05, 3.63) is 83.2 Å². The molecule has 3 aromatic rings. The number of carbonyl (C=O) groups excluding carboxylic acids is 1. The fourth-order valence-corrected chi connectivity index (χ4v) is 4.72. The summed E-state index contributed by atoms with van der Waals surface area (Å²) in [5.41, 5.74) is 4.16. The lowest BCUT2D eigenvalue weighted by Gasteiger charge is -2.28. The normalized spacial score (nSPS) is 18.0. The molecule has 2 unspecified atom stereocenters. The zero-order chi connectivity index (χ0) is 22.8. The molecule has 0 amide bonds. The van der Waals surface area contributed by atoms with Gasteiger partial charge in [-0.25, -0.2) is 4.39 Å². The third-order valence-corrected chi connectivity index (χ3v) is 6.22.